The van der Waals surface area contributed by atoms with Crippen LogP contribution in [0.2, 0.25) is 0 Å². The monoisotopic (exact) mass is 626 g/mol. The lowest BCUT2D eigenvalue weighted by atomic mass is 9.84. The summed E-state index contributed by atoms with van der Waals surface area (Å²) in [6, 6.07) is 13.8. The van der Waals surface area contributed by atoms with Gasteiger partial charge in [-0.25, -0.2) is 26.5 Å². The summed E-state index contributed by atoms with van der Waals surface area (Å²) in [4.78, 5) is 3.73. The summed E-state index contributed by atoms with van der Waals surface area (Å²) in [5.41, 5.74) is 3.02. The number of hydrogen-bond donors (Lipinski definition) is 0. The third-order valence-corrected chi connectivity index (χ3v) is 10.1. The second-order valence-electron chi connectivity index (χ2n) is 10.2. The SMILES string of the molecule is COc1ccc(CN(c2nccs2)S(=O)(=O)c2cc(C)c(OCC3CCCC=C3c3ccc(F)cc3)cc2F)c(OC)c1. The molecule has 7 nitrogen and oxygen atoms in total. The number of ether oxygens (including phenoxy) is 3. The standard InChI is InChI=1S/C32H32F2N2O5S2/c1-21-16-31(28(34)18-29(21)41-20-24-6-4-5-7-27(24)22-8-11-25(33)12-9-22)43(37,38)36(32-35-14-15-42-32)19-23-10-13-26(39-2)17-30(23)40-3/h7-18,24H,4-6,19-20H2,1-3H3. The summed E-state index contributed by atoms with van der Waals surface area (Å²) in [7, 11) is -1.39. The fourth-order valence-electron chi connectivity index (χ4n) is 5.14. The number of rotatable bonds is 11. The largest absolute Gasteiger partial charge is 0.497 e. The molecule has 0 saturated heterocycles. The molecule has 3 aromatic carbocycles. The van der Waals surface area contributed by atoms with Gasteiger partial charge in [0.2, 0.25) is 0 Å². The average Bonchev–Trinajstić information content (AvgIpc) is 3.55. The summed E-state index contributed by atoms with van der Waals surface area (Å²) < 4.78 is 75.0. The summed E-state index contributed by atoms with van der Waals surface area (Å²) in [6.45, 7) is 1.82. The van der Waals surface area contributed by atoms with Crippen LogP contribution in [-0.4, -0.2) is 34.2 Å². The molecular formula is C32H32F2N2O5S2. The van der Waals surface area contributed by atoms with E-state index in [4.69, 9.17) is 14.2 Å². The maximum atomic E-state index is 15.7. The van der Waals surface area contributed by atoms with Crippen molar-refractivity contribution < 1.29 is 31.4 Å². The van der Waals surface area contributed by atoms with Crippen molar-refractivity contribution in [1.29, 1.82) is 0 Å². The first-order valence-corrected chi connectivity index (χ1v) is 16.0. The van der Waals surface area contributed by atoms with E-state index in [0.29, 0.717) is 22.6 Å². The number of anilines is 1. The number of aryl methyl sites for hydroxylation is 1. The van der Waals surface area contributed by atoms with Crippen LogP contribution in [0.15, 0.2) is 77.1 Å². The van der Waals surface area contributed by atoms with Crippen molar-refractivity contribution in [3.8, 4) is 17.2 Å². The van der Waals surface area contributed by atoms with E-state index < -0.39 is 20.7 Å². The number of allylic oxidation sites excluding steroid dienone is 1. The molecule has 1 atom stereocenters. The molecule has 0 spiro atoms. The molecule has 1 unspecified atom stereocenters. The Morgan fingerprint density at radius 1 is 1.02 bits per heavy atom. The lowest BCUT2D eigenvalue weighted by molar-refractivity contribution is 0.265. The Morgan fingerprint density at radius 2 is 1.81 bits per heavy atom. The van der Waals surface area contributed by atoms with Gasteiger partial charge in [-0.15, -0.1) is 11.3 Å². The highest BCUT2D eigenvalue weighted by molar-refractivity contribution is 7.93. The van der Waals surface area contributed by atoms with Gasteiger partial charge in [0.05, 0.1) is 27.4 Å². The van der Waals surface area contributed by atoms with Gasteiger partial charge in [-0.2, -0.15) is 0 Å². The molecule has 226 valence electrons. The number of sulfonamides is 1. The Balaban J connectivity index is 1.41. The zero-order chi connectivity index (χ0) is 30.6. The van der Waals surface area contributed by atoms with E-state index in [0.717, 1.165) is 52.1 Å². The summed E-state index contributed by atoms with van der Waals surface area (Å²) in [5.74, 6) is 0.0406. The van der Waals surface area contributed by atoms with Crippen molar-refractivity contribution in [3.05, 3.63) is 101 Å². The quantitative estimate of drug-likeness (QED) is 0.173. The third kappa shape index (κ3) is 6.67. The minimum absolute atomic E-state index is 0.0324. The molecule has 1 heterocycles. The van der Waals surface area contributed by atoms with Crippen LogP contribution < -0.4 is 18.5 Å². The van der Waals surface area contributed by atoms with E-state index in [1.54, 1.807) is 42.6 Å². The minimum Gasteiger partial charge on any atom is -0.497 e. The second kappa shape index (κ2) is 13.1. The van der Waals surface area contributed by atoms with Crippen molar-refractivity contribution in [3.63, 3.8) is 0 Å². The van der Waals surface area contributed by atoms with E-state index in [9.17, 15) is 12.8 Å². The van der Waals surface area contributed by atoms with Crippen molar-refractivity contribution in [2.45, 2.75) is 37.6 Å². The van der Waals surface area contributed by atoms with Crippen LogP contribution >= 0.6 is 11.3 Å². The Labute approximate surface area is 254 Å². The normalized spacial score (nSPS) is 15.1. The molecule has 0 N–H and O–H groups in total. The number of halogens is 2. The molecule has 0 bridgehead atoms. The fourth-order valence-corrected chi connectivity index (χ4v) is 7.54. The molecule has 43 heavy (non-hydrogen) atoms. The van der Waals surface area contributed by atoms with Gasteiger partial charge in [0.1, 0.15) is 33.8 Å². The van der Waals surface area contributed by atoms with Crippen molar-refractivity contribution >= 4 is 32.1 Å². The van der Waals surface area contributed by atoms with Gasteiger partial charge in [-0.1, -0.05) is 18.2 Å². The first kappa shape index (κ1) is 30.5. The van der Waals surface area contributed by atoms with E-state index in [-0.39, 0.29) is 35.8 Å². The molecule has 0 radical (unpaired) electrons. The van der Waals surface area contributed by atoms with Gasteiger partial charge >= 0.3 is 0 Å². The lowest BCUT2D eigenvalue weighted by Crippen LogP contribution is -2.31. The second-order valence-corrected chi connectivity index (χ2v) is 12.9. The summed E-state index contributed by atoms with van der Waals surface area (Å²) in [5, 5.41) is 1.84. The number of thiazole rings is 1. The average molecular weight is 627 g/mol. The van der Waals surface area contributed by atoms with Gasteiger partial charge < -0.3 is 14.2 Å². The molecular weight excluding hydrogens is 594 g/mol. The molecule has 0 fully saturated rings. The highest BCUT2D eigenvalue weighted by atomic mass is 32.2. The van der Waals surface area contributed by atoms with Gasteiger partial charge in [-0.3, -0.25) is 0 Å². The highest BCUT2D eigenvalue weighted by Gasteiger charge is 2.32. The Bertz CT molecular complexity index is 1710. The van der Waals surface area contributed by atoms with Crippen LogP contribution in [-0.2, 0) is 16.6 Å². The zero-order valence-corrected chi connectivity index (χ0v) is 25.7. The van der Waals surface area contributed by atoms with Gasteiger partial charge in [0.15, 0.2) is 5.13 Å². The molecule has 0 aliphatic heterocycles. The van der Waals surface area contributed by atoms with E-state index in [1.165, 1.54) is 38.6 Å². The van der Waals surface area contributed by atoms with E-state index in [1.807, 2.05) is 0 Å². The Kier molecular flexibility index (Phi) is 9.31. The number of methoxy groups -OCH3 is 2. The maximum Gasteiger partial charge on any atom is 0.269 e. The fraction of sp³-hybridized carbons (Fsp3) is 0.281. The highest BCUT2D eigenvalue weighted by Crippen LogP contribution is 2.36. The Morgan fingerprint density at radius 3 is 2.51 bits per heavy atom. The summed E-state index contributed by atoms with van der Waals surface area (Å²) >= 11 is 1.13. The molecule has 0 saturated carbocycles. The topological polar surface area (TPSA) is 78.0 Å². The molecule has 11 heteroatoms. The Hall–Kier alpha value is -3.96. The smallest absolute Gasteiger partial charge is 0.269 e. The van der Waals surface area contributed by atoms with Crippen LogP contribution in [0.25, 0.3) is 5.57 Å². The van der Waals surface area contributed by atoms with Crippen molar-refractivity contribution in [2.24, 2.45) is 5.92 Å². The maximum absolute atomic E-state index is 15.7. The predicted octanol–water partition coefficient (Wildman–Crippen LogP) is 7.40. The van der Waals surface area contributed by atoms with Crippen LogP contribution in [0.5, 0.6) is 17.2 Å². The van der Waals surface area contributed by atoms with Crippen LogP contribution in [0.4, 0.5) is 13.9 Å². The zero-order valence-electron chi connectivity index (χ0n) is 24.0. The van der Waals surface area contributed by atoms with Crippen molar-refractivity contribution in [2.75, 3.05) is 25.1 Å². The molecule has 5 rings (SSSR count). The van der Waals surface area contributed by atoms with E-state index >= 15 is 4.39 Å². The third-order valence-electron chi connectivity index (χ3n) is 7.42. The first-order chi connectivity index (χ1) is 20.7. The van der Waals surface area contributed by atoms with Crippen LogP contribution in [0.3, 0.4) is 0 Å². The minimum atomic E-state index is -4.39. The van der Waals surface area contributed by atoms with E-state index in [2.05, 4.69) is 11.1 Å². The molecule has 4 aromatic rings. The van der Waals surface area contributed by atoms with Gasteiger partial charge in [0, 0.05) is 35.2 Å². The molecule has 1 aliphatic rings. The predicted molar refractivity (Wildman–Crippen MR) is 163 cm³/mol. The molecule has 0 amide bonds. The summed E-state index contributed by atoms with van der Waals surface area (Å²) in [6.07, 6.45) is 6.40. The number of nitrogens with zero attached hydrogens (tertiary/aromatic N) is 2. The lowest BCUT2D eigenvalue weighted by Gasteiger charge is -2.26. The number of hydrogen-bond acceptors (Lipinski definition) is 7. The van der Waals surface area contributed by atoms with Crippen LogP contribution in [0.1, 0.15) is 36.0 Å². The number of aromatic nitrogens is 1. The first-order valence-electron chi connectivity index (χ1n) is 13.7. The molecule has 1 aliphatic carbocycles. The van der Waals surface area contributed by atoms with Crippen molar-refractivity contribution in [1.82, 2.24) is 4.98 Å². The van der Waals surface area contributed by atoms with Gasteiger partial charge in [0.25, 0.3) is 10.0 Å². The number of benzene rings is 3. The van der Waals surface area contributed by atoms with Crippen LogP contribution in [0, 0.1) is 24.5 Å². The molecule has 1 aromatic heterocycles. The van der Waals surface area contributed by atoms with Gasteiger partial charge in [-0.05, 0) is 73.2 Å².